The fraction of sp³-hybridized carbons (Fsp3) is 0.273. The molecule has 4 heteroatoms. The molecular formula is C11H11BrN2O. The van der Waals surface area contributed by atoms with Crippen molar-refractivity contribution in [1.82, 2.24) is 9.97 Å². The number of hydrogen-bond acceptors (Lipinski definition) is 3. The Balaban J connectivity index is 2.68. The summed E-state index contributed by atoms with van der Waals surface area (Å²) in [6.07, 6.45) is 0.834. The molecule has 78 valence electrons. The van der Waals surface area contributed by atoms with Crippen LogP contribution in [0.4, 0.5) is 0 Å². The highest BCUT2D eigenvalue weighted by Gasteiger charge is 2.05. The van der Waals surface area contributed by atoms with E-state index in [2.05, 4.69) is 25.9 Å². The van der Waals surface area contributed by atoms with Crippen LogP contribution in [0.25, 0.3) is 10.9 Å². The lowest BCUT2D eigenvalue weighted by atomic mass is 10.2. The molecule has 0 spiro atoms. The fourth-order valence-corrected chi connectivity index (χ4v) is 1.92. The second-order valence-electron chi connectivity index (χ2n) is 3.17. The predicted molar refractivity (Wildman–Crippen MR) is 63.2 cm³/mol. The van der Waals surface area contributed by atoms with E-state index in [0.717, 1.165) is 33.5 Å². The predicted octanol–water partition coefficient (Wildman–Crippen LogP) is 2.96. The van der Waals surface area contributed by atoms with Crippen molar-refractivity contribution in [2.75, 3.05) is 7.11 Å². The lowest BCUT2D eigenvalue weighted by Gasteiger charge is -2.05. The van der Waals surface area contributed by atoms with Gasteiger partial charge in [0.15, 0.2) is 0 Å². The Labute approximate surface area is 96.6 Å². The summed E-state index contributed by atoms with van der Waals surface area (Å²) in [5.41, 5.74) is 0.939. The molecule has 0 unspecified atom stereocenters. The number of ether oxygens (including phenoxy) is 1. The van der Waals surface area contributed by atoms with Gasteiger partial charge in [0.05, 0.1) is 12.6 Å². The molecule has 0 aliphatic rings. The van der Waals surface area contributed by atoms with Crippen LogP contribution < -0.4 is 4.74 Å². The highest BCUT2D eigenvalue weighted by Crippen LogP contribution is 2.25. The molecule has 3 nitrogen and oxygen atoms in total. The molecule has 2 rings (SSSR count). The second-order valence-corrected chi connectivity index (χ2v) is 3.92. The van der Waals surface area contributed by atoms with Gasteiger partial charge >= 0.3 is 0 Å². The zero-order chi connectivity index (χ0) is 10.8. The number of aryl methyl sites for hydroxylation is 1. The van der Waals surface area contributed by atoms with Crippen LogP contribution in [-0.4, -0.2) is 17.1 Å². The van der Waals surface area contributed by atoms with Gasteiger partial charge in [0, 0.05) is 11.8 Å². The van der Waals surface area contributed by atoms with Gasteiger partial charge in [-0.15, -0.1) is 0 Å². The summed E-state index contributed by atoms with van der Waals surface area (Å²) in [6.45, 7) is 2.04. The van der Waals surface area contributed by atoms with Crippen LogP contribution in [0.2, 0.25) is 0 Å². The minimum absolute atomic E-state index is 0.816. The number of aromatic nitrogens is 2. The maximum absolute atomic E-state index is 5.16. The van der Waals surface area contributed by atoms with Crippen molar-refractivity contribution < 1.29 is 4.74 Å². The van der Waals surface area contributed by atoms with Gasteiger partial charge < -0.3 is 4.74 Å². The molecule has 0 aliphatic carbocycles. The topological polar surface area (TPSA) is 35.0 Å². The van der Waals surface area contributed by atoms with Crippen molar-refractivity contribution in [2.45, 2.75) is 13.3 Å². The number of methoxy groups -OCH3 is 1. The van der Waals surface area contributed by atoms with E-state index in [-0.39, 0.29) is 0 Å². The average Bonchev–Trinajstić information content (AvgIpc) is 2.28. The summed E-state index contributed by atoms with van der Waals surface area (Å²) < 4.78 is 5.98. The van der Waals surface area contributed by atoms with E-state index in [1.54, 1.807) is 7.11 Å². The molecule has 0 radical (unpaired) electrons. The van der Waals surface area contributed by atoms with Gasteiger partial charge in [-0.2, -0.15) is 0 Å². The number of rotatable bonds is 2. The molecule has 0 N–H and O–H groups in total. The van der Waals surface area contributed by atoms with Crippen LogP contribution in [0.3, 0.4) is 0 Å². The first-order valence-corrected chi connectivity index (χ1v) is 5.54. The van der Waals surface area contributed by atoms with Crippen LogP contribution in [0.1, 0.15) is 12.7 Å². The minimum Gasteiger partial charge on any atom is -0.497 e. The molecule has 0 saturated heterocycles. The largest absolute Gasteiger partial charge is 0.497 e. The standard InChI is InChI=1S/C11H11BrN2O/c1-3-10-13-9-5-4-7(15-2)6-8(9)11(12)14-10/h4-6H,3H2,1-2H3. The number of halogens is 1. The lowest BCUT2D eigenvalue weighted by molar-refractivity contribution is 0.415. The molecule has 0 bridgehead atoms. The smallest absolute Gasteiger partial charge is 0.130 e. The Morgan fingerprint density at radius 3 is 2.80 bits per heavy atom. The van der Waals surface area contributed by atoms with Crippen molar-refractivity contribution in [1.29, 1.82) is 0 Å². The maximum atomic E-state index is 5.16. The van der Waals surface area contributed by atoms with Crippen LogP contribution in [0, 0.1) is 0 Å². The summed E-state index contributed by atoms with van der Waals surface area (Å²) in [7, 11) is 1.65. The molecule has 15 heavy (non-hydrogen) atoms. The first kappa shape index (κ1) is 10.4. The zero-order valence-corrected chi connectivity index (χ0v) is 10.2. The third kappa shape index (κ3) is 1.95. The Morgan fingerprint density at radius 1 is 1.33 bits per heavy atom. The Bertz CT molecular complexity index is 499. The van der Waals surface area contributed by atoms with E-state index >= 15 is 0 Å². The van der Waals surface area contributed by atoms with Crippen molar-refractivity contribution in [2.24, 2.45) is 0 Å². The Hall–Kier alpha value is -1.16. The van der Waals surface area contributed by atoms with Crippen LogP contribution in [-0.2, 0) is 6.42 Å². The van der Waals surface area contributed by atoms with E-state index in [1.807, 2.05) is 25.1 Å². The Morgan fingerprint density at radius 2 is 2.13 bits per heavy atom. The van der Waals surface area contributed by atoms with Crippen LogP contribution >= 0.6 is 15.9 Å². The molecule has 0 fully saturated rings. The number of benzene rings is 1. The molecule has 0 amide bonds. The highest BCUT2D eigenvalue weighted by atomic mass is 79.9. The normalized spacial score (nSPS) is 10.6. The lowest BCUT2D eigenvalue weighted by Crippen LogP contribution is -1.95. The summed E-state index contributed by atoms with van der Waals surface area (Å²) in [5.74, 6) is 1.66. The van der Waals surface area contributed by atoms with E-state index in [4.69, 9.17) is 4.74 Å². The monoisotopic (exact) mass is 266 g/mol. The fourth-order valence-electron chi connectivity index (χ4n) is 1.40. The van der Waals surface area contributed by atoms with Crippen molar-refractivity contribution in [3.8, 4) is 5.75 Å². The zero-order valence-electron chi connectivity index (χ0n) is 8.62. The van der Waals surface area contributed by atoms with Gasteiger partial charge in [-0.25, -0.2) is 9.97 Å². The van der Waals surface area contributed by atoms with E-state index in [1.165, 1.54) is 0 Å². The van der Waals surface area contributed by atoms with E-state index < -0.39 is 0 Å². The average molecular weight is 267 g/mol. The molecule has 1 aromatic carbocycles. The molecule has 2 aromatic rings. The Kier molecular flexibility index (Phi) is 2.86. The van der Waals surface area contributed by atoms with Crippen LogP contribution in [0.15, 0.2) is 22.8 Å². The molecule has 1 heterocycles. The van der Waals surface area contributed by atoms with E-state index in [9.17, 15) is 0 Å². The summed E-state index contributed by atoms with van der Waals surface area (Å²) in [4.78, 5) is 8.78. The van der Waals surface area contributed by atoms with Gasteiger partial charge in [0.25, 0.3) is 0 Å². The highest BCUT2D eigenvalue weighted by molar-refractivity contribution is 9.10. The number of fused-ring (bicyclic) bond motifs is 1. The van der Waals surface area contributed by atoms with Gasteiger partial charge in [-0.3, -0.25) is 0 Å². The summed E-state index contributed by atoms with van der Waals surface area (Å²) in [5, 5.41) is 0.978. The molecule has 0 atom stereocenters. The number of nitrogens with zero attached hydrogens (tertiary/aromatic N) is 2. The maximum Gasteiger partial charge on any atom is 0.130 e. The number of hydrogen-bond donors (Lipinski definition) is 0. The first-order chi connectivity index (χ1) is 7.24. The first-order valence-electron chi connectivity index (χ1n) is 4.74. The minimum atomic E-state index is 0.816. The molecular weight excluding hydrogens is 256 g/mol. The van der Waals surface area contributed by atoms with Gasteiger partial charge in [0.1, 0.15) is 16.2 Å². The van der Waals surface area contributed by atoms with Gasteiger partial charge in [0.2, 0.25) is 0 Å². The quantitative estimate of drug-likeness (QED) is 0.784. The SMILES string of the molecule is CCc1nc(Br)c2cc(OC)ccc2n1. The van der Waals surface area contributed by atoms with Crippen LogP contribution in [0.5, 0.6) is 5.75 Å². The summed E-state index contributed by atoms with van der Waals surface area (Å²) >= 11 is 3.45. The second kappa shape index (κ2) is 4.14. The van der Waals surface area contributed by atoms with Gasteiger partial charge in [-0.1, -0.05) is 6.92 Å². The molecule has 0 saturated carbocycles. The van der Waals surface area contributed by atoms with Gasteiger partial charge in [-0.05, 0) is 34.1 Å². The van der Waals surface area contributed by atoms with Crippen molar-refractivity contribution in [3.63, 3.8) is 0 Å². The van der Waals surface area contributed by atoms with E-state index in [0.29, 0.717) is 0 Å². The van der Waals surface area contributed by atoms with Crippen molar-refractivity contribution >= 4 is 26.8 Å². The molecule has 1 aromatic heterocycles. The van der Waals surface area contributed by atoms with Crippen molar-refractivity contribution in [3.05, 3.63) is 28.6 Å². The third-order valence-corrected chi connectivity index (χ3v) is 2.82. The third-order valence-electron chi connectivity index (χ3n) is 2.22. The molecule has 0 aliphatic heterocycles. The summed E-state index contributed by atoms with van der Waals surface area (Å²) in [6, 6.07) is 5.78.